The summed E-state index contributed by atoms with van der Waals surface area (Å²) in [4.78, 5) is 24.2. The number of rotatable bonds is 8. The van der Waals surface area contributed by atoms with Crippen LogP contribution in [0.4, 0.5) is 13.2 Å². The Morgan fingerprint density at radius 1 is 1.21 bits per heavy atom. The van der Waals surface area contributed by atoms with Crippen molar-refractivity contribution in [2.45, 2.75) is 38.8 Å². The van der Waals surface area contributed by atoms with Crippen molar-refractivity contribution < 1.29 is 32.2 Å². The molecular formula is C20H27F3N2O4. The number of nitrogens with zero attached hydrogens (tertiary/aromatic N) is 1. The highest BCUT2D eigenvalue weighted by molar-refractivity contribution is 5.82. The van der Waals surface area contributed by atoms with Gasteiger partial charge in [0.05, 0.1) is 13.7 Å². The number of hydrogen-bond donors (Lipinski definition) is 1. The summed E-state index contributed by atoms with van der Waals surface area (Å²) < 4.78 is 48.1. The van der Waals surface area contributed by atoms with Gasteiger partial charge in [0.2, 0.25) is 5.91 Å². The standard InChI is InChI=1S/C20H27F3N2O4/c1-3-29-16-6-4-14(12-17(16)28-2)5-7-18(26)24-13-15-8-10-25(11-9-15)19(27)20(21,22)23/h4,6,12,15H,3,5,7-11,13H2,1-2H3,(H,24,26). The summed E-state index contributed by atoms with van der Waals surface area (Å²) >= 11 is 0. The summed E-state index contributed by atoms with van der Waals surface area (Å²) in [5, 5.41) is 2.84. The number of benzene rings is 1. The molecule has 1 heterocycles. The lowest BCUT2D eigenvalue weighted by molar-refractivity contribution is -0.186. The Bertz CT molecular complexity index is 701. The first-order valence-electron chi connectivity index (χ1n) is 9.67. The molecule has 162 valence electrons. The summed E-state index contributed by atoms with van der Waals surface area (Å²) in [7, 11) is 1.56. The van der Waals surface area contributed by atoms with Crippen molar-refractivity contribution in [1.29, 1.82) is 0 Å². The molecule has 0 aromatic heterocycles. The molecule has 0 aliphatic carbocycles. The second kappa shape index (κ2) is 10.4. The van der Waals surface area contributed by atoms with E-state index >= 15 is 0 Å². The van der Waals surface area contributed by atoms with Crippen LogP contribution < -0.4 is 14.8 Å². The quantitative estimate of drug-likeness (QED) is 0.708. The van der Waals surface area contributed by atoms with E-state index in [1.54, 1.807) is 7.11 Å². The molecule has 6 nitrogen and oxygen atoms in total. The zero-order valence-corrected chi connectivity index (χ0v) is 16.7. The smallest absolute Gasteiger partial charge is 0.471 e. The molecule has 0 bridgehead atoms. The highest BCUT2D eigenvalue weighted by Crippen LogP contribution is 2.28. The fraction of sp³-hybridized carbons (Fsp3) is 0.600. The van der Waals surface area contributed by atoms with E-state index in [1.807, 2.05) is 25.1 Å². The third-order valence-corrected chi connectivity index (χ3v) is 4.90. The number of ether oxygens (including phenoxy) is 2. The third kappa shape index (κ3) is 6.83. The molecule has 0 saturated carbocycles. The Balaban J connectivity index is 1.72. The van der Waals surface area contributed by atoms with Gasteiger partial charge in [0.15, 0.2) is 11.5 Å². The van der Waals surface area contributed by atoms with E-state index in [1.165, 1.54) is 0 Å². The van der Waals surface area contributed by atoms with E-state index in [-0.39, 0.29) is 24.9 Å². The van der Waals surface area contributed by atoms with Gasteiger partial charge in [-0.25, -0.2) is 0 Å². The Labute approximate surface area is 168 Å². The topological polar surface area (TPSA) is 67.9 Å². The monoisotopic (exact) mass is 416 g/mol. The van der Waals surface area contributed by atoms with Gasteiger partial charge >= 0.3 is 12.1 Å². The van der Waals surface area contributed by atoms with Crippen molar-refractivity contribution in [1.82, 2.24) is 10.2 Å². The van der Waals surface area contributed by atoms with Gasteiger partial charge in [-0.3, -0.25) is 9.59 Å². The number of piperidine rings is 1. The van der Waals surface area contributed by atoms with E-state index in [0.29, 0.717) is 50.3 Å². The Kier molecular flexibility index (Phi) is 8.16. The van der Waals surface area contributed by atoms with Crippen molar-refractivity contribution in [2.75, 3.05) is 33.4 Å². The zero-order valence-electron chi connectivity index (χ0n) is 16.7. The van der Waals surface area contributed by atoms with Crippen LogP contribution in [0.1, 0.15) is 31.7 Å². The average Bonchev–Trinajstić information content (AvgIpc) is 2.70. The second-order valence-electron chi connectivity index (χ2n) is 6.96. The number of likely N-dealkylation sites (tertiary alicyclic amines) is 1. The van der Waals surface area contributed by atoms with E-state index in [9.17, 15) is 22.8 Å². The van der Waals surface area contributed by atoms with Crippen molar-refractivity contribution in [2.24, 2.45) is 5.92 Å². The zero-order chi connectivity index (χ0) is 21.4. The number of carbonyl (C=O) groups is 2. The largest absolute Gasteiger partial charge is 0.493 e. The first-order chi connectivity index (χ1) is 13.7. The van der Waals surface area contributed by atoms with Crippen LogP contribution in [0.25, 0.3) is 0 Å². The number of amides is 2. The number of hydrogen-bond acceptors (Lipinski definition) is 4. The number of alkyl halides is 3. The number of aryl methyl sites for hydroxylation is 1. The van der Waals surface area contributed by atoms with Gasteiger partial charge in [-0.1, -0.05) is 6.07 Å². The molecule has 0 unspecified atom stereocenters. The van der Waals surface area contributed by atoms with E-state index in [0.717, 1.165) is 10.5 Å². The highest BCUT2D eigenvalue weighted by Gasteiger charge is 2.43. The maximum Gasteiger partial charge on any atom is 0.471 e. The molecule has 1 aliphatic rings. The van der Waals surface area contributed by atoms with Crippen LogP contribution in [0.15, 0.2) is 18.2 Å². The molecule has 1 aliphatic heterocycles. The third-order valence-electron chi connectivity index (χ3n) is 4.90. The number of carbonyl (C=O) groups excluding carboxylic acids is 2. The summed E-state index contributed by atoms with van der Waals surface area (Å²) in [6.07, 6.45) is -3.11. The lowest BCUT2D eigenvalue weighted by Gasteiger charge is -2.32. The highest BCUT2D eigenvalue weighted by atomic mass is 19.4. The molecule has 0 spiro atoms. The molecule has 2 amide bonds. The summed E-state index contributed by atoms with van der Waals surface area (Å²) in [5.74, 6) is -0.567. The lowest BCUT2D eigenvalue weighted by Crippen LogP contribution is -2.46. The van der Waals surface area contributed by atoms with Gasteiger partial charge in [0.25, 0.3) is 0 Å². The van der Waals surface area contributed by atoms with Crippen molar-refractivity contribution in [3.05, 3.63) is 23.8 Å². The molecule has 2 rings (SSSR count). The van der Waals surface area contributed by atoms with Gasteiger partial charge in [0, 0.05) is 26.1 Å². The van der Waals surface area contributed by atoms with Gasteiger partial charge < -0.3 is 19.7 Å². The molecule has 29 heavy (non-hydrogen) atoms. The Morgan fingerprint density at radius 3 is 2.48 bits per heavy atom. The summed E-state index contributed by atoms with van der Waals surface area (Å²) in [5.41, 5.74) is 0.944. The minimum absolute atomic E-state index is 0.0604. The molecule has 0 atom stereocenters. The molecule has 1 aromatic rings. The van der Waals surface area contributed by atoms with E-state index in [2.05, 4.69) is 5.32 Å². The van der Waals surface area contributed by atoms with Crippen LogP contribution in [-0.4, -0.2) is 56.2 Å². The fourth-order valence-electron chi connectivity index (χ4n) is 3.27. The van der Waals surface area contributed by atoms with Crippen LogP contribution >= 0.6 is 0 Å². The van der Waals surface area contributed by atoms with Gasteiger partial charge in [-0.15, -0.1) is 0 Å². The second-order valence-corrected chi connectivity index (χ2v) is 6.96. The van der Waals surface area contributed by atoms with Crippen LogP contribution in [0, 0.1) is 5.92 Å². The predicted molar refractivity (Wildman–Crippen MR) is 101 cm³/mol. The SMILES string of the molecule is CCOc1ccc(CCC(=O)NCC2CCN(C(=O)C(F)(F)F)CC2)cc1OC. The summed E-state index contributed by atoms with van der Waals surface area (Å²) in [6.45, 7) is 2.94. The molecule has 1 fully saturated rings. The van der Waals surface area contributed by atoms with Crippen LogP contribution in [-0.2, 0) is 16.0 Å². The molecule has 9 heteroatoms. The Hall–Kier alpha value is -2.45. The maximum atomic E-state index is 12.5. The lowest BCUT2D eigenvalue weighted by atomic mass is 9.96. The maximum absolute atomic E-state index is 12.5. The van der Waals surface area contributed by atoms with Crippen LogP contribution in [0.2, 0.25) is 0 Å². The number of methoxy groups -OCH3 is 1. The van der Waals surface area contributed by atoms with Gasteiger partial charge in [-0.05, 0) is 49.8 Å². The first-order valence-corrected chi connectivity index (χ1v) is 9.67. The van der Waals surface area contributed by atoms with Crippen LogP contribution in [0.5, 0.6) is 11.5 Å². The molecule has 1 aromatic carbocycles. The minimum Gasteiger partial charge on any atom is -0.493 e. The van der Waals surface area contributed by atoms with E-state index in [4.69, 9.17) is 9.47 Å². The first kappa shape index (κ1) is 22.8. The number of halogens is 3. The van der Waals surface area contributed by atoms with Crippen molar-refractivity contribution >= 4 is 11.8 Å². The van der Waals surface area contributed by atoms with Crippen molar-refractivity contribution in [3.8, 4) is 11.5 Å². The van der Waals surface area contributed by atoms with E-state index < -0.39 is 12.1 Å². The van der Waals surface area contributed by atoms with Gasteiger partial charge in [0.1, 0.15) is 0 Å². The molecule has 1 saturated heterocycles. The average molecular weight is 416 g/mol. The normalized spacial score (nSPS) is 15.1. The van der Waals surface area contributed by atoms with Crippen molar-refractivity contribution in [3.63, 3.8) is 0 Å². The predicted octanol–water partition coefficient (Wildman–Crippen LogP) is 2.94. The minimum atomic E-state index is -4.83. The number of nitrogens with one attached hydrogen (secondary N) is 1. The van der Waals surface area contributed by atoms with Crippen LogP contribution in [0.3, 0.4) is 0 Å². The fourth-order valence-corrected chi connectivity index (χ4v) is 3.27. The summed E-state index contributed by atoms with van der Waals surface area (Å²) in [6, 6.07) is 5.53. The van der Waals surface area contributed by atoms with Gasteiger partial charge in [-0.2, -0.15) is 13.2 Å². The molecular weight excluding hydrogens is 389 g/mol. The Morgan fingerprint density at radius 2 is 1.90 bits per heavy atom. The molecule has 1 N–H and O–H groups in total. The molecule has 0 radical (unpaired) electrons.